The van der Waals surface area contributed by atoms with Gasteiger partial charge in [0.05, 0.1) is 0 Å². The van der Waals surface area contributed by atoms with Crippen LogP contribution in [-0.4, -0.2) is 12.4 Å². The normalized spacial score (nSPS) is 15.4. The molecule has 0 aliphatic carbocycles. The molecule has 1 atom stereocenters. The zero-order valence-corrected chi connectivity index (χ0v) is 7.67. The van der Waals surface area contributed by atoms with E-state index in [1.54, 1.807) is 24.8 Å². The van der Waals surface area contributed by atoms with Crippen molar-refractivity contribution in [3.63, 3.8) is 0 Å². The van der Waals surface area contributed by atoms with Crippen LogP contribution in [0.3, 0.4) is 0 Å². The largest absolute Gasteiger partial charge is 0.243 e. The Balaban J connectivity index is 3.78. The molecular formula is C8H15FS. The van der Waals surface area contributed by atoms with Crippen molar-refractivity contribution >= 4 is 11.8 Å². The van der Waals surface area contributed by atoms with E-state index in [-0.39, 0.29) is 0 Å². The SMILES string of the molecule is CCC/C(=C/[C@H](C)F)SC. The molecule has 0 aromatic heterocycles. The second-order valence-corrected chi connectivity index (χ2v) is 3.20. The van der Waals surface area contributed by atoms with Crippen molar-refractivity contribution in [1.29, 1.82) is 0 Å². The minimum absolute atomic E-state index is 0.797. The van der Waals surface area contributed by atoms with Crippen molar-refractivity contribution in [3.8, 4) is 0 Å². The highest BCUT2D eigenvalue weighted by Gasteiger charge is 1.96. The van der Waals surface area contributed by atoms with E-state index in [9.17, 15) is 4.39 Å². The Kier molecular flexibility index (Phi) is 5.79. The van der Waals surface area contributed by atoms with Gasteiger partial charge >= 0.3 is 0 Å². The van der Waals surface area contributed by atoms with Crippen LogP contribution >= 0.6 is 11.8 Å². The van der Waals surface area contributed by atoms with Crippen LogP contribution in [0.15, 0.2) is 11.0 Å². The molecule has 60 valence electrons. The van der Waals surface area contributed by atoms with Crippen molar-refractivity contribution in [3.05, 3.63) is 11.0 Å². The second kappa shape index (κ2) is 5.78. The number of thioether (sulfide) groups is 1. The predicted octanol–water partition coefficient (Wildman–Crippen LogP) is 3.39. The van der Waals surface area contributed by atoms with E-state index in [1.165, 1.54) is 0 Å². The number of hydrogen-bond acceptors (Lipinski definition) is 1. The Hall–Kier alpha value is 0.0200. The number of hydrogen-bond donors (Lipinski definition) is 0. The van der Waals surface area contributed by atoms with E-state index >= 15 is 0 Å². The second-order valence-electron chi connectivity index (χ2n) is 2.26. The van der Waals surface area contributed by atoms with Gasteiger partial charge in [-0.3, -0.25) is 0 Å². The van der Waals surface area contributed by atoms with Crippen LogP contribution in [0.25, 0.3) is 0 Å². The van der Waals surface area contributed by atoms with Gasteiger partial charge in [0.25, 0.3) is 0 Å². The van der Waals surface area contributed by atoms with Gasteiger partial charge in [-0.15, -0.1) is 11.8 Å². The highest BCUT2D eigenvalue weighted by molar-refractivity contribution is 8.02. The molecule has 0 aromatic rings. The zero-order chi connectivity index (χ0) is 7.98. The molecule has 0 radical (unpaired) electrons. The number of allylic oxidation sites excluding steroid dienone is 2. The van der Waals surface area contributed by atoms with Gasteiger partial charge in [-0.05, 0) is 30.6 Å². The van der Waals surface area contributed by atoms with Crippen molar-refractivity contribution in [2.24, 2.45) is 0 Å². The molecule has 2 heteroatoms. The predicted molar refractivity (Wildman–Crippen MR) is 47.1 cm³/mol. The average Bonchev–Trinajstić information content (AvgIpc) is 1.86. The summed E-state index contributed by atoms with van der Waals surface area (Å²) in [5.41, 5.74) is 0. The number of rotatable bonds is 4. The number of halogens is 1. The summed E-state index contributed by atoms with van der Waals surface area (Å²) in [5.74, 6) is 0. The summed E-state index contributed by atoms with van der Waals surface area (Å²) in [7, 11) is 0. The molecule has 0 saturated heterocycles. The fourth-order valence-electron chi connectivity index (χ4n) is 0.756. The van der Waals surface area contributed by atoms with Crippen molar-refractivity contribution < 1.29 is 4.39 Å². The standard InChI is InChI=1S/C8H15FS/c1-4-5-8(10-3)6-7(2)9/h6-7H,4-5H2,1-3H3/b8-6-/t7-/m0/s1. The number of alkyl halides is 1. The van der Waals surface area contributed by atoms with Gasteiger partial charge in [0, 0.05) is 0 Å². The molecule has 0 amide bonds. The van der Waals surface area contributed by atoms with Crippen LogP contribution in [-0.2, 0) is 0 Å². The van der Waals surface area contributed by atoms with Gasteiger partial charge in [0.1, 0.15) is 6.17 Å². The third kappa shape index (κ3) is 4.86. The van der Waals surface area contributed by atoms with Gasteiger partial charge in [-0.25, -0.2) is 4.39 Å². The van der Waals surface area contributed by atoms with Crippen molar-refractivity contribution in [2.45, 2.75) is 32.9 Å². The first-order valence-corrected chi connectivity index (χ1v) is 4.82. The Morgan fingerprint density at radius 1 is 1.70 bits per heavy atom. The third-order valence-electron chi connectivity index (χ3n) is 1.17. The molecule has 0 bridgehead atoms. The fourth-order valence-corrected chi connectivity index (χ4v) is 1.49. The van der Waals surface area contributed by atoms with E-state index in [0.29, 0.717) is 0 Å². The van der Waals surface area contributed by atoms with E-state index in [0.717, 1.165) is 17.7 Å². The van der Waals surface area contributed by atoms with Gasteiger partial charge in [-0.2, -0.15) is 0 Å². The quantitative estimate of drug-likeness (QED) is 0.610. The molecule has 0 heterocycles. The molecule has 0 unspecified atom stereocenters. The minimum Gasteiger partial charge on any atom is -0.243 e. The Bertz CT molecular complexity index is 108. The van der Waals surface area contributed by atoms with Crippen LogP contribution in [0.5, 0.6) is 0 Å². The first kappa shape index (κ1) is 10.0. The molecule has 0 N–H and O–H groups in total. The molecule has 10 heavy (non-hydrogen) atoms. The van der Waals surface area contributed by atoms with Gasteiger partial charge in [0.2, 0.25) is 0 Å². The molecule has 0 rings (SSSR count). The van der Waals surface area contributed by atoms with Crippen molar-refractivity contribution in [1.82, 2.24) is 0 Å². The summed E-state index contributed by atoms with van der Waals surface area (Å²) in [5, 5.41) is 0. The Morgan fingerprint density at radius 2 is 2.30 bits per heavy atom. The minimum atomic E-state index is -0.797. The molecule has 0 spiro atoms. The molecular weight excluding hydrogens is 147 g/mol. The lowest BCUT2D eigenvalue weighted by Crippen LogP contribution is -1.87. The third-order valence-corrected chi connectivity index (χ3v) is 2.04. The smallest absolute Gasteiger partial charge is 0.116 e. The first-order chi connectivity index (χ1) is 4.70. The van der Waals surface area contributed by atoms with E-state index < -0.39 is 6.17 Å². The van der Waals surface area contributed by atoms with Crippen LogP contribution in [0.1, 0.15) is 26.7 Å². The van der Waals surface area contributed by atoms with E-state index in [2.05, 4.69) is 6.92 Å². The first-order valence-electron chi connectivity index (χ1n) is 3.59. The average molecular weight is 162 g/mol. The Morgan fingerprint density at radius 3 is 2.60 bits per heavy atom. The molecule has 0 aromatic carbocycles. The maximum absolute atomic E-state index is 12.4. The molecule has 0 saturated carbocycles. The lowest BCUT2D eigenvalue weighted by atomic mass is 10.3. The summed E-state index contributed by atoms with van der Waals surface area (Å²) in [4.78, 5) is 1.16. The summed E-state index contributed by atoms with van der Waals surface area (Å²) in [6.07, 6.45) is 4.99. The van der Waals surface area contributed by atoms with Crippen LogP contribution in [0, 0.1) is 0 Å². The molecule has 0 aliphatic rings. The van der Waals surface area contributed by atoms with Gasteiger partial charge < -0.3 is 0 Å². The maximum Gasteiger partial charge on any atom is 0.116 e. The highest BCUT2D eigenvalue weighted by atomic mass is 32.2. The fraction of sp³-hybridized carbons (Fsp3) is 0.750. The molecule has 0 fully saturated rings. The van der Waals surface area contributed by atoms with Gasteiger partial charge in [-0.1, -0.05) is 13.3 Å². The van der Waals surface area contributed by atoms with E-state index in [1.807, 2.05) is 6.26 Å². The summed E-state index contributed by atoms with van der Waals surface area (Å²) in [6, 6.07) is 0. The zero-order valence-electron chi connectivity index (χ0n) is 6.86. The highest BCUT2D eigenvalue weighted by Crippen LogP contribution is 2.18. The van der Waals surface area contributed by atoms with Crippen LogP contribution < -0.4 is 0 Å². The molecule has 0 nitrogen and oxygen atoms in total. The summed E-state index contributed by atoms with van der Waals surface area (Å²) >= 11 is 1.64. The topological polar surface area (TPSA) is 0 Å². The lowest BCUT2D eigenvalue weighted by molar-refractivity contribution is 0.429. The van der Waals surface area contributed by atoms with Crippen LogP contribution in [0.2, 0.25) is 0 Å². The molecule has 0 aliphatic heterocycles. The summed E-state index contributed by atoms with van der Waals surface area (Å²) in [6.45, 7) is 3.67. The van der Waals surface area contributed by atoms with Crippen LogP contribution in [0.4, 0.5) is 4.39 Å². The summed E-state index contributed by atoms with van der Waals surface area (Å²) < 4.78 is 12.4. The lowest BCUT2D eigenvalue weighted by Gasteiger charge is -2.01. The monoisotopic (exact) mass is 162 g/mol. The van der Waals surface area contributed by atoms with E-state index in [4.69, 9.17) is 0 Å². The maximum atomic E-state index is 12.4. The van der Waals surface area contributed by atoms with Gasteiger partial charge in [0.15, 0.2) is 0 Å². The Labute approximate surface area is 66.9 Å². The van der Waals surface area contributed by atoms with Crippen molar-refractivity contribution in [2.75, 3.05) is 6.26 Å².